The molecule has 21 heavy (non-hydrogen) atoms. The van der Waals surface area contributed by atoms with Gasteiger partial charge in [0.15, 0.2) is 0 Å². The SMILES string of the molecule is FC1(F)c2ccccc2C(F)(F)C(F)(F)c2ccccc21. The molecular formula is C15H8F6. The van der Waals surface area contributed by atoms with E-state index in [-0.39, 0.29) is 0 Å². The van der Waals surface area contributed by atoms with E-state index in [1.54, 1.807) is 0 Å². The molecule has 0 saturated carbocycles. The Kier molecular flexibility index (Phi) is 2.68. The van der Waals surface area contributed by atoms with Crippen molar-refractivity contribution in [2.45, 2.75) is 17.8 Å². The first-order valence-corrected chi connectivity index (χ1v) is 6.04. The zero-order valence-corrected chi connectivity index (χ0v) is 10.4. The fraction of sp³-hybridized carbons (Fsp3) is 0.200. The molecule has 0 fully saturated rings. The van der Waals surface area contributed by atoms with Crippen molar-refractivity contribution in [3.63, 3.8) is 0 Å². The maximum Gasteiger partial charge on any atom is 0.340 e. The lowest BCUT2D eigenvalue weighted by Gasteiger charge is -2.26. The molecule has 0 spiro atoms. The van der Waals surface area contributed by atoms with Crippen molar-refractivity contribution in [2.75, 3.05) is 0 Å². The second-order valence-electron chi connectivity index (χ2n) is 4.81. The summed E-state index contributed by atoms with van der Waals surface area (Å²) < 4.78 is 85.6. The van der Waals surface area contributed by atoms with Crippen LogP contribution in [0, 0.1) is 0 Å². The highest BCUT2D eigenvalue weighted by Crippen LogP contribution is 2.58. The van der Waals surface area contributed by atoms with Crippen LogP contribution in [0.1, 0.15) is 22.3 Å². The van der Waals surface area contributed by atoms with Gasteiger partial charge in [0.25, 0.3) is 5.92 Å². The van der Waals surface area contributed by atoms with E-state index in [1.165, 1.54) is 0 Å². The second kappa shape index (κ2) is 4.02. The van der Waals surface area contributed by atoms with Crippen LogP contribution in [0.25, 0.3) is 0 Å². The van der Waals surface area contributed by atoms with Crippen molar-refractivity contribution in [3.8, 4) is 0 Å². The van der Waals surface area contributed by atoms with E-state index in [0.717, 1.165) is 36.4 Å². The number of hydrogen-bond donors (Lipinski definition) is 0. The summed E-state index contributed by atoms with van der Waals surface area (Å²) in [4.78, 5) is 0. The van der Waals surface area contributed by atoms with E-state index in [1.807, 2.05) is 0 Å². The summed E-state index contributed by atoms with van der Waals surface area (Å²) in [5, 5.41) is 0. The Morgan fingerprint density at radius 3 is 1.10 bits per heavy atom. The Labute approximate surface area is 116 Å². The lowest BCUT2D eigenvalue weighted by atomic mass is 9.96. The van der Waals surface area contributed by atoms with E-state index in [9.17, 15) is 26.3 Å². The maximum absolute atomic E-state index is 14.5. The number of benzene rings is 2. The molecule has 0 unspecified atom stereocenters. The average Bonchev–Trinajstić information content (AvgIpc) is 2.49. The van der Waals surface area contributed by atoms with Crippen molar-refractivity contribution >= 4 is 0 Å². The van der Waals surface area contributed by atoms with Crippen molar-refractivity contribution in [2.24, 2.45) is 0 Å². The number of halogens is 6. The van der Waals surface area contributed by atoms with Crippen LogP contribution in [0.2, 0.25) is 0 Å². The Balaban J connectivity index is 2.48. The summed E-state index contributed by atoms with van der Waals surface area (Å²) in [6.07, 6.45) is 0. The third kappa shape index (κ3) is 1.65. The van der Waals surface area contributed by atoms with Gasteiger partial charge in [-0.15, -0.1) is 0 Å². The highest BCUT2D eigenvalue weighted by Gasteiger charge is 2.65. The Bertz CT molecular complexity index is 645. The zero-order chi connectivity index (χ0) is 15.5. The highest BCUT2D eigenvalue weighted by atomic mass is 19.3. The smallest absolute Gasteiger partial charge is 0.196 e. The van der Waals surface area contributed by atoms with Gasteiger partial charge in [0.1, 0.15) is 0 Å². The molecule has 0 heterocycles. The number of fused-ring (bicyclic) bond motifs is 2. The summed E-state index contributed by atoms with van der Waals surface area (Å²) in [5.74, 6) is -13.4. The van der Waals surface area contributed by atoms with E-state index in [2.05, 4.69) is 0 Å². The lowest BCUT2D eigenvalue weighted by molar-refractivity contribution is -0.223. The number of rotatable bonds is 0. The predicted octanol–water partition coefficient (Wildman–Crippen LogP) is 5.02. The normalized spacial score (nSPS) is 21.0. The molecule has 6 heteroatoms. The van der Waals surface area contributed by atoms with Crippen LogP contribution in [-0.2, 0) is 17.8 Å². The van der Waals surface area contributed by atoms with Crippen LogP contribution in [-0.4, -0.2) is 0 Å². The first-order chi connectivity index (χ1) is 9.70. The summed E-state index contributed by atoms with van der Waals surface area (Å²) in [5.41, 5.74) is -4.90. The van der Waals surface area contributed by atoms with E-state index in [0.29, 0.717) is 12.1 Å². The van der Waals surface area contributed by atoms with E-state index < -0.39 is 40.0 Å². The molecule has 0 aromatic heterocycles. The molecule has 0 aliphatic heterocycles. The third-order valence-corrected chi connectivity index (χ3v) is 3.60. The van der Waals surface area contributed by atoms with Gasteiger partial charge in [-0.1, -0.05) is 48.5 Å². The van der Waals surface area contributed by atoms with Crippen LogP contribution in [0.5, 0.6) is 0 Å². The van der Waals surface area contributed by atoms with Crippen molar-refractivity contribution in [1.29, 1.82) is 0 Å². The van der Waals surface area contributed by atoms with Gasteiger partial charge < -0.3 is 0 Å². The van der Waals surface area contributed by atoms with Gasteiger partial charge in [-0.25, -0.2) is 0 Å². The first kappa shape index (κ1) is 14.0. The van der Waals surface area contributed by atoms with Gasteiger partial charge in [0.05, 0.1) is 0 Å². The zero-order valence-electron chi connectivity index (χ0n) is 10.4. The minimum Gasteiger partial charge on any atom is -0.196 e. The van der Waals surface area contributed by atoms with Crippen LogP contribution in [0.4, 0.5) is 26.3 Å². The van der Waals surface area contributed by atoms with Gasteiger partial charge in [-0.3, -0.25) is 0 Å². The minimum atomic E-state index is -4.72. The second-order valence-corrected chi connectivity index (χ2v) is 4.81. The molecule has 0 N–H and O–H groups in total. The molecule has 2 aromatic carbocycles. The third-order valence-electron chi connectivity index (χ3n) is 3.60. The fourth-order valence-electron chi connectivity index (χ4n) is 2.54. The van der Waals surface area contributed by atoms with Crippen LogP contribution < -0.4 is 0 Å². The summed E-state index contributed by atoms with van der Waals surface area (Å²) >= 11 is 0. The van der Waals surface area contributed by atoms with Crippen LogP contribution in [0.15, 0.2) is 48.5 Å². The first-order valence-electron chi connectivity index (χ1n) is 6.04. The van der Waals surface area contributed by atoms with Crippen molar-refractivity contribution in [1.82, 2.24) is 0 Å². The number of alkyl halides is 6. The Hall–Kier alpha value is -1.98. The molecular weight excluding hydrogens is 294 g/mol. The summed E-state index contributed by atoms with van der Waals surface area (Å²) in [6, 6.07) is 7.04. The van der Waals surface area contributed by atoms with Crippen molar-refractivity contribution in [3.05, 3.63) is 70.8 Å². The Morgan fingerprint density at radius 1 is 0.476 bits per heavy atom. The maximum atomic E-state index is 14.5. The van der Waals surface area contributed by atoms with Gasteiger partial charge in [-0.2, -0.15) is 26.3 Å². The molecule has 1 aliphatic rings. The number of hydrogen-bond acceptors (Lipinski definition) is 0. The molecule has 0 saturated heterocycles. The molecule has 110 valence electrons. The van der Waals surface area contributed by atoms with Gasteiger partial charge >= 0.3 is 11.8 Å². The average molecular weight is 302 g/mol. The quantitative estimate of drug-likeness (QED) is 0.599. The molecule has 0 radical (unpaired) electrons. The summed E-state index contributed by atoms with van der Waals surface area (Å²) in [7, 11) is 0. The van der Waals surface area contributed by atoms with Gasteiger partial charge in [0.2, 0.25) is 0 Å². The van der Waals surface area contributed by atoms with Crippen LogP contribution >= 0.6 is 0 Å². The molecule has 2 aromatic rings. The standard InChI is InChI=1S/C15H8F6/c16-13(17)9-5-1-3-7-11(9)14(18,19)15(20,21)12-8-4-2-6-10(12)13/h1-8H. The van der Waals surface area contributed by atoms with Gasteiger partial charge in [-0.05, 0) is 0 Å². The van der Waals surface area contributed by atoms with Gasteiger partial charge in [0, 0.05) is 22.3 Å². The van der Waals surface area contributed by atoms with Crippen LogP contribution in [0.3, 0.4) is 0 Å². The fourth-order valence-corrected chi connectivity index (χ4v) is 2.54. The molecule has 1 aliphatic carbocycles. The molecule has 0 bridgehead atoms. The van der Waals surface area contributed by atoms with E-state index >= 15 is 0 Å². The minimum absolute atomic E-state index is 0.614. The highest BCUT2D eigenvalue weighted by molar-refractivity contribution is 5.50. The van der Waals surface area contributed by atoms with Crippen molar-refractivity contribution < 1.29 is 26.3 Å². The molecule has 0 atom stereocenters. The van der Waals surface area contributed by atoms with E-state index in [4.69, 9.17) is 0 Å². The molecule has 3 rings (SSSR count). The Morgan fingerprint density at radius 2 is 0.762 bits per heavy atom. The summed E-state index contributed by atoms with van der Waals surface area (Å²) in [6.45, 7) is 0. The predicted molar refractivity (Wildman–Crippen MR) is 63.7 cm³/mol. The molecule has 0 amide bonds. The largest absolute Gasteiger partial charge is 0.340 e. The monoisotopic (exact) mass is 302 g/mol. The topological polar surface area (TPSA) is 0 Å². The molecule has 0 nitrogen and oxygen atoms in total. The lowest BCUT2D eigenvalue weighted by Crippen LogP contribution is -2.35.